The van der Waals surface area contributed by atoms with Gasteiger partial charge in [0.2, 0.25) is 11.7 Å². The first-order valence-corrected chi connectivity index (χ1v) is 8.29. The molecular formula is C18H19F3N4O5. The first-order chi connectivity index (χ1) is 14.2. The summed E-state index contributed by atoms with van der Waals surface area (Å²) in [5, 5.41) is 4.00. The molecule has 0 saturated heterocycles. The normalized spacial score (nSPS) is 11.7. The largest absolute Gasteiger partial charge is 0.493 e. The minimum atomic E-state index is -4.89. The zero-order chi connectivity index (χ0) is 22.5. The van der Waals surface area contributed by atoms with E-state index in [0.717, 1.165) is 7.11 Å². The van der Waals surface area contributed by atoms with Gasteiger partial charge < -0.3 is 18.9 Å². The van der Waals surface area contributed by atoms with Gasteiger partial charge in [0.25, 0.3) is 0 Å². The molecule has 0 spiro atoms. The predicted octanol–water partition coefficient (Wildman–Crippen LogP) is 3.14. The zero-order valence-corrected chi connectivity index (χ0v) is 16.7. The summed E-state index contributed by atoms with van der Waals surface area (Å²) in [6, 6.07) is 3.23. The number of alkyl halides is 3. The molecule has 2 rings (SSSR count). The van der Waals surface area contributed by atoms with E-state index >= 15 is 0 Å². The number of carbonyl (C=O) groups excluding carboxylic acids is 1. The standard InChI is InChI=1S/C18H19F3N4O5/c1-9(10-6-12(27-2)14(29-4)13(7-10)28-3)24-25-17-22-8-11(16(26)30-5)15(23-17)18(19,20)21/h6-8H,1-5H3,(H,22,23,25). The maximum Gasteiger partial charge on any atom is 0.434 e. The van der Waals surface area contributed by atoms with Crippen molar-refractivity contribution in [2.45, 2.75) is 13.1 Å². The molecular weight excluding hydrogens is 409 g/mol. The van der Waals surface area contributed by atoms with Crippen LogP contribution in [-0.2, 0) is 10.9 Å². The number of hydrogen-bond donors (Lipinski definition) is 1. The highest BCUT2D eigenvalue weighted by Crippen LogP contribution is 2.38. The molecule has 12 heteroatoms. The van der Waals surface area contributed by atoms with Crippen LogP contribution in [0, 0.1) is 0 Å². The molecule has 0 unspecified atom stereocenters. The van der Waals surface area contributed by atoms with Crippen LogP contribution in [0.1, 0.15) is 28.5 Å². The highest BCUT2D eigenvalue weighted by atomic mass is 19.4. The summed E-state index contributed by atoms with van der Waals surface area (Å²) in [6.45, 7) is 1.60. The second-order valence-corrected chi connectivity index (χ2v) is 5.67. The van der Waals surface area contributed by atoms with Crippen LogP contribution in [0.15, 0.2) is 23.4 Å². The van der Waals surface area contributed by atoms with Crippen LogP contribution in [0.5, 0.6) is 17.2 Å². The van der Waals surface area contributed by atoms with E-state index in [9.17, 15) is 18.0 Å². The average molecular weight is 428 g/mol. The highest BCUT2D eigenvalue weighted by Gasteiger charge is 2.38. The summed E-state index contributed by atoms with van der Waals surface area (Å²) in [7, 11) is 5.30. The molecule has 1 N–H and O–H groups in total. The van der Waals surface area contributed by atoms with Gasteiger partial charge in [-0.1, -0.05) is 0 Å². The molecule has 0 radical (unpaired) electrons. The molecule has 1 heterocycles. The monoisotopic (exact) mass is 428 g/mol. The quantitative estimate of drug-likeness (QED) is 0.408. The first-order valence-electron chi connectivity index (χ1n) is 8.29. The van der Waals surface area contributed by atoms with Gasteiger partial charge in [-0.2, -0.15) is 18.3 Å². The number of benzene rings is 1. The van der Waals surface area contributed by atoms with E-state index in [2.05, 4.69) is 25.2 Å². The third-order valence-electron chi connectivity index (χ3n) is 3.87. The molecule has 0 aliphatic carbocycles. The average Bonchev–Trinajstić information content (AvgIpc) is 2.74. The number of carbonyl (C=O) groups is 1. The number of nitrogens with zero attached hydrogens (tertiary/aromatic N) is 3. The minimum Gasteiger partial charge on any atom is -0.493 e. The van der Waals surface area contributed by atoms with Crippen LogP contribution in [0.3, 0.4) is 0 Å². The summed E-state index contributed by atoms with van der Waals surface area (Å²) in [4.78, 5) is 18.6. The van der Waals surface area contributed by atoms with Crippen LogP contribution in [0.2, 0.25) is 0 Å². The topological polar surface area (TPSA) is 104 Å². The Morgan fingerprint density at radius 1 is 1.07 bits per heavy atom. The molecule has 1 aromatic carbocycles. The Morgan fingerprint density at radius 3 is 2.13 bits per heavy atom. The van der Waals surface area contributed by atoms with Crippen molar-refractivity contribution >= 4 is 17.6 Å². The van der Waals surface area contributed by atoms with Gasteiger partial charge in [0.15, 0.2) is 17.2 Å². The first kappa shape index (κ1) is 22.7. The lowest BCUT2D eigenvalue weighted by molar-refractivity contribution is -0.141. The Labute approximate surface area is 169 Å². The molecule has 162 valence electrons. The van der Waals surface area contributed by atoms with Crippen molar-refractivity contribution in [2.24, 2.45) is 5.10 Å². The van der Waals surface area contributed by atoms with Gasteiger partial charge in [0.1, 0.15) is 5.56 Å². The van der Waals surface area contributed by atoms with Crippen molar-refractivity contribution in [2.75, 3.05) is 33.9 Å². The second kappa shape index (κ2) is 9.29. The van der Waals surface area contributed by atoms with E-state index in [-0.39, 0.29) is 0 Å². The van der Waals surface area contributed by atoms with Gasteiger partial charge in [-0.3, -0.25) is 0 Å². The van der Waals surface area contributed by atoms with Gasteiger partial charge in [-0.05, 0) is 19.1 Å². The Balaban J connectivity index is 2.39. The summed E-state index contributed by atoms with van der Waals surface area (Å²) < 4.78 is 59.8. The highest BCUT2D eigenvalue weighted by molar-refractivity contribution is 6.00. The summed E-state index contributed by atoms with van der Waals surface area (Å²) >= 11 is 0. The van der Waals surface area contributed by atoms with Gasteiger partial charge >= 0.3 is 12.1 Å². The van der Waals surface area contributed by atoms with E-state index in [4.69, 9.17) is 14.2 Å². The Kier molecular flexibility index (Phi) is 7.03. The SMILES string of the molecule is COC(=O)c1cnc(NN=C(C)c2cc(OC)c(OC)c(OC)c2)nc1C(F)(F)F. The summed E-state index contributed by atoms with van der Waals surface area (Å²) in [5.74, 6) is -0.535. The van der Waals surface area contributed by atoms with Crippen molar-refractivity contribution in [3.05, 3.63) is 35.2 Å². The van der Waals surface area contributed by atoms with Crippen molar-refractivity contribution in [1.82, 2.24) is 9.97 Å². The summed E-state index contributed by atoms with van der Waals surface area (Å²) in [5.41, 5.74) is 1.01. The number of ether oxygens (including phenoxy) is 4. The van der Waals surface area contributed by atoms with E-state index in [0.29, 0.717) is 34.7 Å². The lowest BCUT2D eigenvalue weighted by Gasteiger charge is -2.14. The lowest BCUT2D eigenvalue weighted by Crippen LogP contribution is -2.18. The fraction of sp³-hybridized carbons (Fsp3) is 0.333. The molecule has 0 aliphatic rings. The molecule has 1 aromatic heterocycles. The summed E-state index contributed by atoms with van der Waals surface area (Å²) in [6.07, 6.45) is -4.17. The molecule has 0 aliphatic heterocycles. The second-order valence-electron chi connectivity index (χ2n) is 5.67. The van der Waals surface area contributed by atoms with Gasteiger partial charge in [-0.25, -0.2) is 20.2 Å². The predicted molar refractivity (Wildman–Crippen MR) is 100 cm³/mol. The number of aromatic nitrogens is 2. The smallest absolute Gasteiger partial charge is 0.434 e. The maximum atomic E-state index is 13.2. The Morgan fingerprint density at radius 2 is 1.67 bits per heavy atom. The van der Waals surface area contributed by atoms with Crippen LogP contribution in [0.25, 0.3) is 0 Å². The molecule has 0 fully saturated rings. The lowest BCUT2D eigenvalue weighted by atomic mass is 10.1. The molecule has 0 atom stereocenters. The number of methoxy groups -OCH3 is 4. The Hall–Kier alpha value is -3.57. The molecule has 0 bridgehead atoms. The number of hydrogen-bond acceptors (Lipinski definition) is 9. The van der Waals surface area contributed by atoms with Crippen LogP contribution >= 0.6 is 0 Å². The fourth-order valence-electron chi connectivity index (χ4n) is 2.40. The molecule has 9 nitrogen and oxygen atoms in total. The van der Waals surface area contributed by atoms with E-state index in [1.807, 2.05) is 0 Å². The number of hydrazone groups is 1. The molecule has 30 heavy (non-hydrogen) atoms. The number of halogens is 3. The van der Waals surface area contributed by atoms with Crippen molar-refractivity contribution in [3.63, 3.8) is 0 Å². The maximum absolute atomic E-state index is 13.2. The number of esters is 1. The number of rotatable bonds is 7. The van der Waals surface area contributed by atoms with Gasteiger partial charge in [-0.15, -0.1) is 0 Å². The van der Waals surface area contributed by atoms with E-state index in [1.165, 1.54) is 21.3 Å². The third kappa shape index (κ3) is 4.88. The van der Waals surface area contributed by atoms with Crippen LogP contribution in [0.4, 0.5) is 19.1 Å². The zero-order valence-electron chi connectivity index (χ0n) is 16.7. The third-order valence-corrected chi connectivity index (χ3v) is 3.87. The number of anilines is 1. The van der Waals surface area contributed by atoms with E-state index < -0.39 is 29.4 Å². The number of nitrogens with one attached hydrogen (secondary N) is 1. The Bertz CT molecular complexity index is 938. The van der Waals surface area contributed by atoms with Crippen molar-refractivity contribution in [3.8, 4) is 17.2 Å². The van der Waals surface area contributed by atoms with Crippen LogP contribution in [-0.4, -0.2) is 50.1 Å². The van der Waals surface area contributed by atoms with E-state index in [1.54, 1.807) is 19.1 Å². The molecule has 2 aromatic rings. The van der Waals surface area contributed by atoms with Gasteiger partial charge in [0, 0.05) is 11.8 Å². The molecule has 0 amide bonds. The van der Waals surface area contributed by atoms with Crippen molar-refractivity contribution < 1.29 is 36.9 Å². The van der Waals surface area contributed by atoms with Crippen molar-refractivity contribution in [1.29, 1.82) is 0 Å². The molecule has 0 saturated carbocycles. The fourth-order valence-corrected chi connectivity index (χ4v) is 2.40. The minimum absolute atomic E-state index is 0.364. The van der Waals surface area contributed by atoms with Crippen LogP contribution < -0.4 is 19.6 Å². The van der Waals surface area contributed by atoms with Gasteiger partial charge in [0.05, 0.1) is 34.2 Å².